The molecule has 2 fully saturated rings. The highest BCUT2D eigenvalue weighted by Crippen LogP contribution is 2.29. The molecule has 0 radical (unpaired) electrons. The molecule has 1 amide bonds. The number of ether oxygens (including phenoxy) is 1. The number of piperidine rings is 1. The van der Waals surface area contributed by atoms with E-state index >= 15 is 0 Å². The number of anilines is 1. The van der Waals surface area contributed by atoms with Crippen molar-refractivity contribution in [3.8, 4) is 0 Å². The molecule has 0 aliphatic carbocycles. The summed E-state index contributed by atoms with van der Waals surface area (Å²) in [5.41, 5.74) is 0.654. The number of amides is 1. The molecule has 156 valence electrons. The molecule has 1 aromatic heterocycles. The van der Waals surface area contributed by atoms with Crippen LogP contribution in [-0.2, 0) is 4.74 Å². The second kappa shape index (κ2) is 10.2. The minimum absolute atomic E-state index is 0.0568. The Bertz CT molecular complexity index is 634. The average molecular weight is 391 g/mol. The van der Waals surface area contributed by atoms with E-state index in [4.69, 9.17) is 4.74 Å². The molecule has 3 heterocycles. The maximum Gasteiger partial charge on any atom is 0.251 e. The first-order valence-corrected chi connectivity index (χ1v) is 10.5. The Labute approximate surface area is 168 Å². The summed E-state index contributed by atoms with van der Waals surface area (Å²) in [4.78, 5) is 21.7. The highest BCUT2D eigenvalue weighted by atomic mass is 16.5. The Morgan fingerprint density at radius 1 is 1.36 bits per heavy atom. The maximum atomic E-state index is 12.4. The number of pyridine rings is 1. The van der Waals surface area contributed by atoms with E-state index in [9.17, 15) is 9.90 Å². The quantitative estimate of drug-likeness (QED) is 0.735. The molecular formula is C21H34N4O3. The highest BCUT2D eigenvalue weighted by molar-refractivity contribution is 5.94. The first-order valence-electron chi connectivity index (χ1n) is 10.5. The molecule has 0 aromatic carbocycles. The number of nitrogens with zero attached hydrogens (tertiary/aromatic N) is 3. The average Bonchev–Trinajstić information content (AvgIpc) is 2.72. The minimum atomic E-state index is -0.0568. The molecule has 2 N–H and O–H groups in total. The highest BCUT2D eigenvalue weighted by Gasteiger charge is 2.34. The van der Waals surface area contributed by atoms with Crippen LogP contribution in [0.4, 0.5) is 5.82 Å². The number of aliphatic hydroxyl groups is 1. The van der Waals surface area contributed by atoms with Crippen molar-refractivity contribution in [1.29, 1.82) is 0 Å². The Balaban J connectivity index is 1.70. The first-order chi connectivity index (χ1) is 13.6. The minimum Gasteiger partial charge on any atom is -0.396 e. The van der Waals surface area contributed by atoms with Crippen LogP contribution in [0.5, 0.6) is 0 Å². The number of aliphatic hydroxyl groups excluding tert-OH is 1. The summed E-state index contributed by atoms with van der Waals surface area (Å²) in [5.74, 6) is 1.29. The van der Waals surface area contributed by atoms with Gasteiger partial charge in [-0.1, -0.05) is 0 Å². The van der Waals surface area contributed by atoms with E-state index in [2.05, 4.69) is 20.1 Å². The van der Waals surface area contributed by atoms with E-state index < -0.39 is 0 Å². The van der Waals surface area contributed by atoms with E-state index in [-0.39, 0.29) is 18.6 Å². The van der Waals surface area contributed by atoms with Crippen molar-refractivity contribution >= 4 is 11.7 Å². The second-order valence-corrected chi connectivity index (χ2v) is 8.11. The molecular weight excluding hydrogens is 356 g/mol. The summed E-state index contributed by atoms with van der Waals surface area (Å²) in [6, 6.07) is 4.30. The van der Waals surface area contributed by atoms with Gasteiger partial charge in [0.25, 0.3) is 5.91 Å². The molecule has 2 aliphatic rings. The summed E-state index contributed by atoms with van der Waals surface area (Å²) >= 11 is 0. The van der Waals surface area contributed by atoms with E-state index in [1.54, 1.807) is 12.3 Å². The number of aromatic nitrogens is 1. The van der Waals surface area contributed by atoms with Gasteiger partial charge in [-0.05, 0) is 51.2 Å². The van der Waals surface area contributed by atoms with Crippen LogP contribution in [0.15, 0.2) is 18.3 Å². The van der Waals surface area contributed by atoms with Crippen LogP contribution in [0.25, 0.3) is 0 Å². The fourth-order valence-electron chi connectivity index (χ4n) is 4.33. The number of morpholine rings is 1. The molecule has 2 atom stereocenters. The van der Waals surface area contributed by atoms with Gasteiger partial charge in [-0.2, -0.15) is 0 Å². The van der Waals surface area contributed by atoms with Gasteiger partial charge < -0.3 is 20.1 Å². The third-order valence-electron chi connectivity index (χ3n) is 5.69. The van der Waals surface area contributed by atoms with E-state index in [0.717, 1.165) is 64.5 Å². The van der Waals surface area contributed by atoms with Crippen molar-refractivity contribution in [2.45, 2.75) is 45.2 Å². The number of hydrogen-bond acceptors (Lipinski definition) is 6. The molecule has 1 aromatic rings. The van der Waals surface area contributed by atoms with Gasteiger partial charge in [-0.15, -0.1) is 0 Å². The normalized spacial score (nSPS) is 23.8. The fourth-order valence-corrected chi connectivity index (χ4v) is 4.33. The Morgan fingerprint density at radius 2 is 2.14 bits per heavy atom. The second-order valence-electron chi connectivity index (χ2n) is 8.11. The number of nitrogens with one attached hydrogen (secondary N) is 1. The van der Waals surface area contributed by atoms with Crippen LogP contribution < -0.4 is 10.2 Å². The first kappa shape index (κ1) is 21.0. The zero-order chi connectivity index (χ0) is 19.9. The van der Waals surface area contributed by atoms with Crippen molar-refractivity contribution in [1.82, 2.24) is 15.2 Å². The van der Waals surface area contributed by atoms with Gasteiger partial charge in [0.05, 0.1) is 13.2 Å². The van der Waals surface area contributed by atoms with Crippen molar-refractivity contribution in [3.05, 3.63) is 23.9 Å². The largest absolute Gasteiger partial charge is 0.396 e. The third-order valence-corrected chi connectivity index (χ3v) is 5.69. The fraction of sp³-hybridized carbons (Fsp3) is 0.714. The van der Waals surface area contributed by atoms with Crippen LogP contribution in [0.2, 0.25) is 0 Å². The Morgan fingerprint density at radius 3 is 2.86 bits per heavy atom. The van der Waals surface area contributed by atoms with Crippen molar-refractivity contribution in [2.75, 3.05) is 50.9 Å². The molecule has 0 spiro atoms. The van der Waals surface area contributed by atoms with Crippen molar-refractivity contribution in [3.63, 3.8) is 0 Å². The summed E-state index contributed by atoms with van der Waals surface area (Å²) in [5, 5.41) is 12.3. The third kappa shape index (κ3) is 5.43. The summed E-state index contributed by atoms with van der Waals surface area (Å²) in [7, 11) is 0. The lowest BCUT2D eigenvalue weighted by Crippen LogP contribution is -2.54. The molecule has 7 heteroatoms. The molecule has 0 unspecified atom stereocenters. The molecule has 2 saturated heterocycles. The van der Waals surface area contributed by atoms with Gasteiger partial charge in [0, 0.05) is 56.6 Å². The lowest BCUT2D eigenvalue weighted by Gasteiger charge is -2.45. The van der Waals surface area contributed by atoms with Gasteiger partial charge in [-0.3, -0.25) is 9.69 Å². The Kier molecular flexibility index (Phi) is 7.65. The topological polar surface area (TPSA) is 77.9 Å². The Hall–Kier alpha value is -1.70. The number of carbonyl (C=O) groups excluding carboxylic acids is 1. The lowest BCUT2D eigenvalue weighted by atomic mass is 9.86. The smallest absolute Gasteiger partial charge is 0.251 e. The zero-order valence-corrected chi connectivity index (χ0v) is 17.1. The number of carbonyl (C=O) groups is 1. The zero-order valence-electron chi connectivity index (χ0n) is 17.1. The number of hydrogen-bond donors (Lipinski definition) is 2. The molecule has 3 rings (SSSR count). The van der Waals surface area contributed by atoms with Crippen LogP contribution in [0, 0.1) is 5.92 Å². The van der Waals surface area contributed by atoms with Gasteiger partial charge >= 0.3 is 0 Å². The van der Waals surface area contributed by atoms with Crippen molar-refractivity contribution < 1.29 is 14.6 Å². The van der Waals surface area contributed by atoms with Crippen LogP contribution in [0.1, 0.15) is 43.5 Å². The molecule has 0 saturated carbocycles. The summed E-state index contributed by atoms with van der Waals surface area (Å²) < 4.78 is 5.52. The monoisotopic (exact) mass is 390 g/mol. The van der Waals surface area contributed by atoms with Gasteiger partial charge in [0.15, 0.2) is 0 Å². The molecule has 2 aliphatic heterocycles. The van der Waals surface area contributed by atoms with E-state index in [1.807, 2.05) is 19.9 Å². The van der Waals surface area contributed by atoms with Gasteiger partial charge in [0.1, 0.15) is 5.82 Å². The SMILES string of the molecule is CC(C)NC(=O)c1ccnc(N2CC[C@H](N3CCOCC3)[C@H](CCCO)C2)c1. The molecule has 28 heavy (non-hydrogen) atoms. The molecule has 7 nitrogen and oxygen atoms in total. The maximum absolute atomic E-state index is 12.4. The van der Waals surface area contributed by atoms with Crippen molar-refractivity contribution in [2.24, 2.45) is 5.92 Å². The summed E-state index contributed by atoms with van der Waals surface area (Å²) in [6.07, 6.45) is 4.62. The predicted molar refractivity (Wildman–Crippen MR) is 110 cm³/mol. The standard InChI is InChI=1S/C21H34N4O3/c1-16(2)23-21(27)17-5-7-22-20(14-17)25-8-6-19(18(15-25)4-3-11-26)24-9-12-28-13-10-24/h5,7,14,16,18-19,26H,3-4,6,8-13,15H2,1-2H3,(H,23,27)/t18-,19+/m1/s1. The lowest BCUT2D eigenvalue weighted by molar-refractivity contribution is -0.00415. The van der Waals surface area contributed by atoms with Crippen LogP contribution >= 0.6 is 0 Å². The van der Waals surface area contributed by atoms with Gasteiger partial charge in [-0.25, -0.2) is 4.98 Å². The molecule has 0 bridgehead atoms. The predicted octanol–water partition coefficient (Wildman–Crippen LogP) is 1.52. The number of rotatable bonds is 7. The van der Waals surface area contributed by atoms with Gasteiger partial charge in [0.2, 0.25) is 0 Å². The summed E-state index contributed by atoms with van der Waals surface area (Å²) in [6.45, 7) is 9.58. The van der Waals surface area contributed by atoms with Crippen LogP contribution in [0.3, 0.4) is 0 Å². The van der Waals surface area contributed by atoms with E-state index in [0.29, 0.717) is 17.5 Å². The van der Waals surface area contributed by atoms with Crippen LogP contribution in [-0.4, -0.2) is 79.0 Å². The van der Waals surface area contributed by atoms with E-state index in [1.165, 1.54) is 0 Å².